The minimum atomic E-state index is -0.392. The Morgan fingerprint density at radius 2 is 2.00 bits per heavy atom. The van der Waals surface area contributed by atoms with E-state index in [0.29, 0.717) is 18.7 Å². The highest BCUT2D eigenvalue weighted by Gasteiger charge is 2.24. The molecule has 0 unspecified atom stereocenters. The number of nitrogens with one attached hydrogen (secondary N) is 1. The van der Waals surface area contributed by atoms with Crippen molar-refractivity contribution in [3.63, 3.8) is 0 Å². The van der Waals surface area contributed by atoms with Crippen LogP contribution in [-0.4, -0.2) is 42.2 Å². The third-order valence-electron chi connectivity index (χ3n) is 3.38. The minimum absolute atomic E-state index is 0.0994. The Bertz CT molecular complexity index is 613. The first-order chi connectivity index (χ1) is 11.1. The van der Waals surface area contributed by atoms with Crippen molar-refractivity contribution in [1.29, 1.82) is 0 Å². The average Bonchev–Trinajstić information content (AvgIpc) is 2.57. The lowest BCUT2D eigenvalue weighted by molar-refractivity contribution is -0.140. The van der Waals surface area contributed by atoms with Gasteiger partial charge < -0.3 is 10.1 Å². The van der Waals surface area contributed by atoms with E-state index in [9.17, 15) is 14.4 Å². The highest BCUT2D eigenvalue weighted by Crippen LogP contribution is 2.13. The number of methoxy groups -OCH3 is 1. The molecule has 1 heterocycles. The van der Waals surface area contributed by atoms with Crippen LogP contribution in [0.15, 0.2) is 35.4 Å². The number of nitrogens with zero attached hydrogens (tertiary/aromatic N) is 2. The number of ether oxygens (including phenoxy) is 1. The number of amides is 2. The lowest BCUT2D eigenvalue weighted by Crippen LogP contribution is -2.39. The summed E-state index contributed by atoms with van der Waals surface area (Å²) in [5.74, 6) is -0.865. The van der Waals surface area contributed by atoms with Crippen LogP contribution in [0.25, 0.3) is 0 Å². The molecule has 0 aromatic heterocycles. The van der Waals surface area contributed by atoms with Gasteiger partial charge in [0.25, 0.3) is 5.91 Å². The predicted octanol–water partition coefficient (Wildman–Crippen LogP) is 0.844. The summed E-state index contributed by atoms with van der Waals surface area (Å²) in [5.41, 5.74) is 1.24. The van der Waals surface area contributed by atoms with E-state index in [1.165, 1.54) is 12.1 Å². The van der Waals surface area contributed by atoms with E-state index in [4.69, 9.17) is 0 Å². The molecule has 7 heteroatoms. The molecule has 122 valence electrons. The topological polar surface area (TPSA) is 88.1 Å². The van der Waals surface area contributed by atoms with E-state index in [2.05, 4.69) is 15.2 Å². The lowest BCUT2D eigenvalue weighted by atomic mass is 10.1. The molecule has 0 bridgehead atoms. The summed E-state index contributed by atoms with van der Waals surface area (Å²) < 4.78 is 4.50. The minimum Gasteiger partial charge on any atom is -0.469 e. The van der Waals surface area contributed by atoms with Crippen molar-refractivity contribution in [3.8, 4) is 0 Å². The highest BCUT2D eigenvalue weighted by molar-refractivity contribution is 6.39. The molecule has 0 radical (unpaired) electrons. The van der Waals surface area contributed by atoms with Crippen molar-refractivity contribution in [3.05, 3.63) is 35.9 Å². The Morgan fingerprint density at radius 1 is 1.26 bits per heavy atom. The Kier molecular flexibility index (Phi) is 5.85. The van der Waals surface area contributed by atoms with E-state index >= 15 is 0 Å². The highest BCUT2D eigenvalue weighted by atomic mass is 16.5. The van der Waals surface area contributed by atoms with Crippen molar-refractivity contribution in [2.75, 3.05) is 13.7 Å². The molecule has 23 heavy (non-hydrogen) atoms. The van der Waals surface area contributed by atoms with Gasteiger partial charge in [0.15, 0.2) is 0 Å². The smallest absolute Gasteiger partial charge is 0.307 e. The van der Waals surface area contributed by atoms with Crippen LogP contribution >= 0.6 is 0 Å². The molecule has 0 fully saturated rings. The van der Waals surface area contributed by atoms with Crippen molar-refractivity contribution in [1.82, 2.24) is 10.3 Å². The van der Waals surface area contributed by atoms with Gasteiger partial charge in [-0.3, -0.25) is 14.4 Å². The monoisotopic (exact) mass is 317 g/mol. The van der Waals surface area contributed by atoms with Crippen LogP contribution in [0.1, 0.15) is 24.8 Å². The normalized spacial score (nSPS) is 14.2. The van der Waals surface area contributed by atoms with Crippen LogP contribution in [0.5, 0.6) is 0 Å². The van der Waals surface area contributed by atoms with Gasteiger partial charge >= 0.3 is 5.97 Å². The Hall–Kier alpha value is -2.70. The van der Waals surface area contributed by atoms with Crippen LogP contribution in [0.4, 0.5) is 0 Å². The third-order valence-corrected chi connectivity index (χ3v) is 3.38. The molecule has 7 nitrogen and oxygen atoms in total. The maximum atomic E-state index is 12.0. The van der Waals surface area contributed by atoms with Gasteiger partial charge in [-0.2, -0.15) is 5.10 Å². The summed E-state index contributed by atoms with van der Waals surface area (Å²) in [6, 6.07) is 9.45. The first-order valence-corrected chi connectivity index (χ1v) is 7.37. The fourth-order valence-corrected chi connectivity index (χ4v) is 2.13. The van der Waals surface area contributed by atoms with E-state index in [-0.39, 0.29) is 31.2 Å². The quantitative estimate of drug-likeness (QED) is 0.788. The van der Waals surface area contributed by atoms with Crippen molar-refractivity contribution >= 4 is 23.5 Å². The molecule has 1 aliphatic heterocycles. The second-order valence-corrected chi connectivity index (χ2v) is 5.07. The van der Waals surface area contributed by atoms with Gasteiger partial charge in [-0.25, -0.2) is 5.01 Å². The van der Waals surface area contributed by atoms with Crippen LogP contribution in [0.2, 0.25) is 0 Å². The zero-order chi connectivity index (χ0) is 16.7. The van der Waals surface area contributed by atoms with Gasteiger partial charge in [0.2, 0.25) is 5.91 Å². The largest absolute Gasteiger partial charge is 0.469 e. The molecule has 0 spiro atoms. The lowest BCUT2D eigenvalue weighted by Gasteiger charge is -2.23. The number of rotatable bonds is 6. The number of esters is 1. The first-order valence-electron chi connectivity index (χ1n) is 7.37. The number of hydrazone groups is 1. The van der Waals surface area contributed by atoms with Gasteiger partial charge in [0.05, 0.1) is 20.1 Å². The molecular formula is C16H19N3O4. The summed E-state index contributed by atoms with van der Waals surface area (Å²) in [6.07, 6.45) is 0.645. The number of hydrogen-bond acceptors (Lipinski definition) is 5. The SMILES string of the molecule is COC(=O)CCNC(=O)C1=NN(Cc2ccccc2)C(=O)CC1. The molecule has 1 N–H and O–H groups in total. The fourth-order valence-electron chi connectivity index (χ4n) is 2.13. The summed E-state index contributed by atoms with van der Waals surface area (Å²) in [4.78, 5) is 35.0. The van der Waals surface area contributed by atoms with Crippen LogP contribution in [-0.2, 0) is 25.7 Å². The van der Waals surface area contributed by atoms with Crippen LogP contribution in [0, 0.1) is 0 Å². The molecule has 2 rings (SSSR count). The number of benzene rings is 1. The fraction of sp³-hybridized carbons (Fsp3) is 0.375. The third kappa shape index (κ3) is 4.91. The molecule has 0 saturated heterocycles. The Balaban J connectivity index is 1.95. The average molecular weight is 317 g/mol. The maximum Gasteiger partial charge on any atom is 0.307 e. The summed E-state index contributed by atoms with van der Waals surface area (Å²) in [6.45, 7) is 0.510. The standard InChI is InChI=1S/C16H19N3O4/c1-23-15(21)9-10-17-16(22)13-7-8-14(20)19(18-13)11-12-5-3-2-4-6-12/h2-6H,7-11H2,1H3,(H,17,22). The van der Waals surface area contributed by atoms with Gasteiger partial charge in [0, 0.05) is 19.4 Å². The molecule has 0 saturated carbocycles. The molecule has 0 aliphatic carbocycles. The van der Waals surface area contributed by atoms with Crippen molar-refractivity contribution in [2.24, 2.45) is 5.10 Å². The second-order valence-electron chi connectivity index (χ2n) is 5.07. The van der Waals surface area contributed by atoms with Gasteiger partial charge in [0.1, 0.15) is 5.71 Å². The van der Waals surface area contributed by atoms with Crippen molar-refractivity contribution in [2.45, 2.75) is 25.8 Å². The number of hydrogen-bond donors (Lipinski definition) is 1. The van der Waals surface area contributed by atoms with E-state index in [1.54, 1.807) is 0 Å². The maximum absolute atomic E-state index is 12.0. The molecule has 1 aromatic rings. The van der Waals surface area contributed by atoms with Crippen molar-refractivity contribution < 1.29 is 19.1 Å². The second kappa shape index (κ2) is 8.07. The summed E-state index contributed by atoms with van der Waals surface area (Å²) >= 11 is 0. The molecule has 2 amide bonds. The molecule has 0 atom stereocenters. The first kappa shape index (κ1) is 16.7. The molecule has 1 aromatic carbocycles. The summed E-state index contributed by atoms with van der Waals surface area (Å²) in [7, 11) is 1.29. The number of carbonyl (C=O) groups excluding carboxylic acids is 3. The van der Waals surface area contributed by atoms with Gasteiger partial charge in [-0.1, -0.05) is 30.3 Å². The Labute approximate surface area is 134 Å². The van der Waals surface area contributed by atoms with Gasteiger partial charge in [-0.05, 0) is 5.56 Å². The molecule has 1 aliphatic rings. The van der Waals surface area contributed by atoms with E-state index < -0.39 is 5.97 Å². The zero-order valence-corrected chi connectivity index (χ0v) is 12.9. The Morgan fingerprint density at radius 3 is 2.70 bits per heavy atom. The molecular weight excluding hydrogens is 298 g/mol. The van der Waals surface area contributed by atoms with Crippen LogP contribution < -0.4 is 5.32 Å². The zero-order valence-electron chi connectivity index (χ0n) is 12.9. The number of carbonyl (C=O) groups is 3. The van der Waals surface area contributed by atoms with E-state index in [0.717, 1.165) is 5.56 Å². The van der Waals surface area contributed by atoms with Crippen LogP contribution in [0.3, 0.4) is 0 Å². The summed E-state index contributed by atoms with van der Waals surface area (Å²) in [5, 5.41) is 8.07. The van der Waals surface area contributed by atoms with Gasteiger partial charge in [-0.15, -0.1) is 0 Å². The van der Waals surface area contributed by atoms with E-state index in [1.807, 2.05) is 30.3 Å². The predicted molar refractivity (Wildman–Crippen MR) is 83.3 cm³/mol.